The van der Waals surface area contributed by atoms with Gasteiger partial charge in [0.1, 0.15) is 4.90 Å². The van der Waals surface area contributed by atoms with Crippen molar-refractivity contribution in [3.8, 4) is 0 Å². The van der Waals surface area contributed by atoms with E-state index in [2.05, 4.69) is 20.7 Å². The maximum absolute atomic E-state index is 12.4. The van der Waals surface area contributed by atoms with Crippen LogP contribution in [0.15, 0.2) is 32.3 Å². The van der Waals surface area contributed by atoms with Crippen LogP contribution in [0.1, 0.15) is 29.1 Å². The van der Waals surface area contributed by atoms with Gasteiger partial charge in [-0.25, -0.2) is 13.1 Å². The third-order valence-corrected chi connectivity index (χ3v) is 7.44. The molecule has 0 saturated heterocycles. The summed E-state index contributed by atoms with van der Waals surface area (Å²) in [5.74, 6) is 0. The molecule has 8 heteroatoms. The Morgan fingerprint density at radius 2 is 2.25 bits per heavy atom. The average molecular weight is 396 g/mol. The molecule has 0 bridgehead atoms. The molecule has 0 saturated carbocycles. The van der Waals surface area contributed by atoms with Crippen LogP contribution in [0, 0.1) is 0 Å². The second kappa shape index (κ2) is 6.67. The third kappa shape index (κ3) is 3.49. The summed E-state index contributed by atoms with van der Waals surface area (Å²) in [6.45, 7) is 1.77. The second-order valence-corrected chi connectivity index (χ2v) is 9.22. The molecular formula is C12H14BrNO3S3. The summed E-state index contributed by atoms with van der Waals surface area (Å²) in [5.41, 5.74) is 0. The van der Waals surface area contributed by atoms with E-state index in [1.165, 1.54) is 28.7 Å². The van der Waals surface area contributed by atoms with Gasteiger partial charge in [0.05, 0.1) is 16.4 Å². The number of nitrogens with one attached hydrogen (secondary N) is 1. The molecule has 2 aromatic heterocycles. The highest BCUT2D eigenvalue weighted by Crippen LogP contribution is 2.33. The number of sulfonamides is 1. The van der Waals surface area contributed by atoms with E-state index in [0.717, 1.165) is 4.88 Å². The van der Waals surface area contributed by atoms with E-state index in [4.69, 9.17) is 5.11 Å². The number of rotatable bonds is 6. The lowest BCUT2D eigenvalue weighted by molar-refractivity contribution is 0.285. The Morgan fingerprint density at radius 1 is 1.50 bits per heavy atom. The van der Waals surface area contributed by atoms with Crippen LogP contribution in [0.2, 0.25) is 0 Å². The summed E-state index contributed by atoms with van der Waals surface area (Å²) in [7, 11) is -3.61. The summed E-state index contributed by atoms with van der Waals surface area (Å²) in [4.78, 5) is 1.78. The molecular weight excluding hydrogens is 382 g/mol. The van der Waals surface area contributed by atoms with Crippen LogP contribution >= 0.6 is 38.6 Å². The Labute approximate surface area is 134 Å². The van der Waals surface area contributed by atoms with Gasteiger partial charge >= 0.3 is 0 Å². The van der Waals surface area contributed by atoms with Gasteiger partial charge in [-0.2, -0.15) is 0 Å². The van der Waals surface area contributed by atoms with Gasteiger partial charge in [0.15, 0.2) is 0 Å². The lowest BCUT2D eigenvalue weighted by Gasteiger charge is -2.15. The van der Waals surface area contributed by atoms with Gasteiger partial charge in [-0.1, -0.05) is 13.0 Å². The predicted molar refractivity (Wildman–Crippen MR) is 85.6 cm³/mol. The second-order valence-electron chi connectivity index (χ2n) is 4.11. The van der Waals surface area contributed by atoms with E-state index < -0.39 is 10.0 Å². The number of thiophene rings is 2. The molecule has 1 atom stereocenters. The van der Waals surface area contributed by atoms with Crippen LogP contribution in [0.5, 0.6) is 0 Å². The van der Waals surface area contributed by atoms with Crippen molar-refractivity contribution in [2.24, 2.45) is 0 Å². The van der Waals surface area contributed by atoms with Crippen LogP contribution in [-0.2, 0) is 16.6 Å². The summed E-state index contributed by atoms with van der Waals surface area (Å²) < 4.78 is 28.1. The smallest absolute Gasteiger partial charge is 0.243 e. The maximum atomic E-state index is 12.4. The van der Waals surface area contributed by atoms with Gasteiger partial charge in [-0.15, -0.1) is 22.7 Å². The van der Waals surface area contributed by atoms with E-state index in [9.17, 15) is 8.42 Å². The largest absolute Gasteiger partial charge is 0.391 e. The quantitative estimate of drug-likeness (QED) is 0.786. The molecule has 20 heavy (non-hydrogen) atoms. The minimum Gasteiger partial charge on any atom is -0.391 e. The topological polar surface area (TPSA) is 66.4 Å². The zero-order valence-corrected chi connectivity index (χ0v) is 14.7. The molecule has 0 aliphatic rings. The monoisotopic (exact) mass is 395 g/mol. The Hall–Kier alpha value is -0.250. The average Bonchev–Trinajstić information content (AvgIpc) is 3.05. The zero-order valence-electron chi connectivity index (χ0n) is 10.7. The summed E-state index contributed by atoms with van der Waals surface area (Å²) in [5, 5.41) is 11.0. The molecule has 0 aliphatic heterocycles. The molecule has 0 radical (unpaired) electrons. The van der Waals surface area contributed by atoms with Gasteiger partial charge < -0.3 is 5.11 Å². The van der Waals surface area contributed by atoms with Crippen molar-refractivity contribution in [2.45, 2.75) is 30.9 Å². The summed E-state index contributed by atoms with van der Waals surface area (Å²) in [6.07, 6.45) is 0.675. The van der Waals surface area contributed by atoms with Crippen LogP contribution in [-0.4, -0.2) is 13.5 Å². The molecule has 2 N–H and O–H groups in total. The molecule has 4 nitrogen and oxygen atoms in total. The Bertz CT molecular complexity index is 664. The van der Waals surface area contributed by atoms with Crippen molar-refractivity contribution >= 4 is 48.6 Å². The summed E-state index contributed by atoms with van der Waals surface area (Å²) >= 11 is 6.00. The normalized spacial score (nSPS) is 13.6. The van der Waals surface area contributed by atoms with Crippen LogP contribution in [0.25, 0.3) is 0 Å². The van der Waals surface area contributed by atoms with Crippen molar-refractivity contribution < 1.29 is 13.5 Å². The molecule has 0 fully saturated rings. The highest BCUT2D eigenvalue weighted by molar-refractivity contribution is 9.11. The molecule has 2 aromatic rings. The van der Waals surface area contributed by atoms with E-state index in [1.54, 1.807) is 0 Å². The third-order valence-electron chi connectivity index (χ3n) is 2.74. The van der Waals surface area contributed by atoms with Gasteiger partial charge in [0.25, 0.3) is 0 Å². The predicted octanol–water partition coefficient (Wildman–Crippen LogP) is 3.49. The first-order valence-corrected chi connectivity index (χ1v) is 9.90. The van der Waals surface area contributed by atoms with Crippen molar-refractivity contribution in [3.63, 3.8) is 0 Å². The van der Waals surface area contributed by atoms with E-state index in [-0.39, 0.29) is 17.5 Å². The fourth-order valence-corrected chi connectivity index (χ4v) is 6.52. The highest BCUT2D eigenvalue weighted by atomic mass is 79.9. The molecule has 1 unspecified atom stereocenters. The number of halogens is 1. The van der Waals surface area contributed by atoms with Crippen molar-refractivity contribution in [2.75, 3.05) is 0 Å². The minimum absolute atomic E-state index is 0.166. The van der Waals surface area contributed by atoms with Gasteiger partial charge in [-0.3, -0.25) is 0 Å². The van der Waals surface area contributed by atoms with Crippen molar-refractivity contribution in [3.05, 3.63) is 37.1 Å². The first kappa shape index (κ1) is 16.1. The molecule has 2 heterocycles. The zero-order chi connectivity index (χ0) is 14.8. The van der Waals surface area contributed by atoms with Crippen LogP contribution in [0.4, 0.5) is 0 Å². The lowest BCUT2D eigenvalue weighted by atomic mass is 10.2. The highest BCUT2D eigenvalue weighted by Gasteiger charge is 2.24. The Balaban J connectivity index is 2.28. The van der Waals surface area contributed by atoms with Gasteiger partial charge in [-0.05, 0) is 39.9 Å². The number of aliphatic hydroxyl groups is 1. The molecule has 0 aromatic carbocycles. The van der Waals surface area contributed by atoms with Crippen LogP contribution in [0.3, 0.4) is 0 Å². The van der Waals surface area contributed by atoms with Crippen molar-refractivity contribution in [1.82, 2.24) is 4.72 Å². The van der Waals surface area contributed by atoms with Crippen LogP contribution < -0.4 is 4.72 Å². The van der Waals surface area contributed by atoms with E-state index in [0.29, 0.717) is 15.1 Å². The molecule has 0 amide bonds. The number of aliphatic hydroxyl groups excluding tert-OH is 1. The van der Waals surface area contributed by atoms with E-state index >= 15 is 0 Å². The first-order valence-electron chi connectivity index (χ1n) is 5.92. The van der Waals surface area contributed by atoms with Gasteiger partial charge in [0, 0.05) is 9.75 Å². The summed E-state index contributed by atoms with van der Waals surface area (Å²) in [6, 6.07) is 5.09. The van der Waals surface area contributed by atoms with E-state index in [1.807, 2.05) is 24.4 Å². The van der Waals surface area contributed by atoms with Gasteiger partial charge in [0.2, 0.25) is 10.0 Å². The molecule has 2 rings (SSSR count). The molecule has 0 aliphatic carbocycles. The maximum Gasteiger partial charge on any atom is 0.243 e. The molecule has 110 valence electrons. The minimum atomic E-state index is -3.61. The van der Waals surface area contributed by atoms with Crippen molar-refractivity contribution in [1.29, 1.82) is 0 Å². The first-order chi connectivity index (χ1) is 9.47. The lowest BCUT2D eigenvalue weighted by Crippen LogP contribution is -2.27. The molecule has 0 spiro atoms. The Morgan fingerprint density at radius 3 is 2.75 bits per heavy atom. The fourth-order valence-electron chi connectivity index (χ4n) is 1.74. The number of hydrogen-bond acceptors (Lipinski definition) is 5. The standard InChI is InChI=1S/C12H14BrNO3S3/c1-2-9(10-4-3-5-18-10)14-20(16,17)11-6-8(7-15)19-12(11)13/h3-6,9,14-15H,2,7H2,1H3. The number of hydrogen-bond donors (Lipinski definition) is 2. The SMILES string of the molecule is CCC(NS(=O)(=O)c1cc(CO)sc1Br)c1cccs1. The Kier molecular flexibility index (Phi) is 5.38. The fraction of sp³-hybridized carbons (Fsp3) is 0.333.